The predicted octanol–water partition coefficient (Wildman–Crippen LogP) is 0.806. The van der Waals surface area contributed by atoms with Gasteiger partial charge in [-0.15, -0.1) is 0 Å². The summed E-state index contributed by atoms with van der Waals surface area (Å²) in [5.74, 6) is 0.798. The number of carbonyl (C=O) groups excluding carboxylic acids is 1. The average molecular weight is 266 g/mol. The maximum Gasteiger partial charge on any atom is 0.234 e. The molecule has 5 heteroatoms. The molecule has 1 amide bonds. The second-order valence-electron chi connectivity index (χ2n) is 4.26. The molecule has 1 unspecified atom stereocenters. The van der Waals surface area contributed by atoms with Gasteiger partial charge in [0.15, 0.2) is 0 Å². The van der Waals surface area contributed by atoms with Crippen molar-refractivity contribution in [1.29, 1.82) is 0 Å². The SMILES string of the molecule is COCC(C)NC(=O)CNCCOc1ccccc1. The second-order valence-corrected chi connectivity index (χ2v) is 4.26. The maximum atomic E-state index is 11.5. The minimum absolute atomic E-state index is 0.0277. The lowest BCUT2D eigenvalue weighted by molar-refractivity contribution is -0.121. The van der Waals surface area contributed by atoms with Crippen molar-refractivity contribution in [2.45, 2.75) is 13.0 Å². The highest BCUT2D eigenvalue weighted by molar-refractivity contribution is 5.78. The normalized spacial score (nSPS) is 11.9. The number of carbonyl (C=O) groups is 1. The minimum atomic E-state index is -0.0377. The Morgan fingerprint density at radius 2 is 2.05 bits per heavy atom. The molecule has 0 bridgehead atoms. The molecule has 106 valence electrons. The fourth-order valence-electron chi connectivity index (χ4n) is 1.58. The summed E-state index contributed by atoms with van der Waals surface area (Å²) in [6.07, 6.45) is 0. The van der Waals surface area contributed by atoms with Crippen molar-refractivity contribution in [3.8, 4) is 5.75 Å². The first-order chi connectivity index (χ1) is 9.22. The quantitative estimate of drug-likeness (QED) is 0.649. The molecular weight excluding hydrogens is 244 g/mol. The van der Waals surface area contributed by atoms with E-state index in [0.717, 1.165) is 5.75 Å². The molecule has 0 radical (unpaired) electrons. The summed E-state index contributed by atoms with van der Waals surface area (Å²) in [6.45, 7) is 3.86. The standard InChI is InChI=1S/C14H22N2O3/c1-12(11-18-2)16-14(17)10-15-8-9-19-13-6-4-3-5-7-13/h3-7,12,15H,8-11H2,1-2H3,(H,16,17). The predicted molar refractivity (Wildman–Crippen MR) is 74.3 cm³/mol. The van der Waals surface area contributed by atoms with Crippen LogP contribution in [0, 0.1) is 0 Å². The zero-order chi connectivity index (χ0) is 13.9. The lowest BCUT2D eigenvalue weighted by Crippen LogP contribution is -2.41. The molecule has 0 aliphatic heterocycles. The molecule has 0 spiro atoms. The molecule has 0 aliphatic carbocycles. The number of benzene rings is 1. The van der Waals surface area contributed by atoms with Gasteiger partial charge in [-0.2, -0.15) is 0 Å². The number of nitrogens with one attached hydrogen (secondary N) is 2. The molecule has 19 heavy (non-hydrogen) atoms. The molecule has 0 aromatic heterocycles. The Kier molecular flexibility index (Phi) is 7.62. The van der Waals surface area contributed by atoms with Gasteiger partial charge in [-0.05, 0) is 19.1 Å². The molecular formula is C14H22N2O3. The Morgan fingerprint density at radius 3 is 2.74 bits per heavy atom. The highest BCUT2D eigenvalue weighted by Crippen LogP contribution is 2.07. The minimum Gasteiger partial charge on any atom is -0.492 e. The van der Waals surface area contributed by atoms with Gasteiger partial charge in [0.1, 0.15) is 12.4 Å². The molecule has 0 saturated heterocycles. The van der Waals surface area contributed by atoms with E-state index in [4.69, 9.17) is 9.47 Å². The van der Waals surface area contributed by atoms with Crippen LogP contribution < -0.4 is 15.4 Å². The summed E-state index contributed by atoms with van der Waals surface area (Å²) < 4.78 is 10.4. The number of hydrogen-bond acceptors (Lipinski definition) is 4. The van der Waals surface area contributed by atoms with Crippen molar-refractivity contribution in [3.63, 3.8) is 0 Å². The van der Waals surface area contributed by atoms with Gasteiger partial charge < -0.3 is 20.1 Å². The third-order valence-corrected chi connectivity index (χ3v) is 2.40. The van der Waals surface area contributed by atoms with Gasteiger partial charge in [0.05, 0.1) is 13.2 Å². The Balaban J connectivity index is 2.03. The summed E-state index contributed by atoms with van der Waals surface area (Å²) in [7, 11) is 1.61. The molecule has 1 atom stereocenters. The van der Waals surface area contributed by atoms with Crippen LogP contribution in [0.4, 0.5) is 0 Å². The number of amides is 1. The zero-order valence-electron chi connectivity index (χ0n) is 11.5. The van der Waals surface area contributed by atoms with Gasteiger partial charge in [0.25, 0.3) is 0 Å². The number of para-hydroxylation sites is 1. The van der Waals surface area contributed by atoms with E-state index in [0.29, 0.717) is 19.8 Å². The van der Waals surface area contributed by atoms with Gasteiger partial charge in [-0.1, -0.05) is 18.2 Å². The summed E-state index contributed by atoms with van der Waals surface area (Å²) in [6, 6.07) is 9.62. The van der Waals surface area contributed by atoms with Crippen molar-refractivity contribution < 1.29 is 14.3 Å². The first kappa shape index (κ1) is 15.5. The van der Waals surface area contributed by atoms with Crippen LogP contribution in [0.2, 0.25) is 0 Å². The molecule has 0 heterocycles. The lowest BCUT2D eigenvalue weighted by Gasteiger charge is -2.13. The summed E-state index contributed by atoms with van der Waals surface area (Å²) in [5, 5.41) is 5.85. The third-order valence-electron chi connectivity index (χ3n) is 2.40. The number of hydrogen-bond donors (Lipinski definition) is 2. The molecule has 0 saturated carbocycles. The van der Waals surface area contributed by atoms with Crippen molar-refractivity contribution in [2.24, 2.45) is 0 Å². The first-order valence-electron chi connectivity index (χ1n) is 6.39. The van der Waals surface area contributed by atoms with Crippen molar-refractivity contribution in [1.82, 2.24) is 10.6 Å². The molecule has 2 N–H and O–H groups in total. The molecule has 5 nitrogen and oxygen atoms in total. The molecule has 1 rings (SSSR count). The van der Waals surface area contributed by atoms with Gasteiger partial charge in [-0.25, -0.2) is 0 Å². The van der Waals surface area contributed by atoms with Crippen molar-refractivity contribution in [2.75, 3.05) is 33.4 Å². The number of methoxy groups -OCH3 is 1. The van der Waals surface area contributed by atoms with Gasteiger partial charge in [0, 0.05) is 19.7 Å². The Labute approximate surface area is 114 Å². The summed E-state index contributed by atoms with van der Waals surface area (Å²) >= 11 is 0. The van der Waals surface area contributed by atoms with Crippen LogP contribution in [-0.2, 0) is 9.53 Å². The van der Waals surface area contributed by atoms with Crippen LogP contribution in [-0.4, -0.2) is 45.4 Å². The van der Waals surface area contributed by atoms with Crippen LogP contribution in [0.1, 0.15) is 6.92 Å². The second kappa shape index (κ2) is 9.35. The van der Waals surface area contributed by atoms with E-state index in [1.807, 2.05) is 37.3 Å². The van der Waals surface area contributed by atoms with E-state index >= 15 is 0 Å². The van der Waals surface area contributed by atoms with E-state index < -0.39 is 0 Å². The average Bonchev–Trinajstić information content (AvgIpc) is 2.39. The first-order valence-corrected chi connectivity index (χ1v) is 6.39. The third kappa shape index (κ3) is 7.43. The Bertz CT molecular complexity index is 357. The van der Waals surface area contributed by atoms with E-state index in [9.17, 15) is 4.79 Å². The van der Waals surface area contributed by atoms with Crippen molar-refractivity contribution >= 4 is 5.91 Å². The zero-order valence-corrected chi connectivity index (χ0v) is 11.5. The maximum absolute atomic E-state index is 11.5. The summed E-state index contributed by atoms with van der Waals surface area (Å²) in [4.78, 5) is 11.5. The number of ether oxygens (including phenoxy) is 2. The highest BCUT2D eigenvalue weighted by atomic mass is 16.5. The van der Waals surface area contributed by atoms with E-state index in [2.05, 4.69) is 10.6 Å². The molecule has 1 aromatic rings. The smallest absolute Gasteiger partial charge is 0.234 e. The van der Waals surface area contributed by atoms with Gasteiger partial charge in [0.2, 0.25) is 5.91 Å². The van der Waals surface area contributed by atoms with Crippen LogP contribution in [0.5, 0.6) is 5.75 Å². The van der Waals surface area contributed by atoms with Crippen LogP contribution in [0.3, 0.4) is 0 Å². The molecule has 0 aliphatic rings. The van der Waals surface area contributed by atoms with Gasteiger partial charge >= 0.3 is 0 Å². The van der Waals surface area contributed by atoms with Crippen LogP contribution in [0.25, 0.3) is 0 Å². The highest BCUT2D eigenvalue weighted by Gasteiger charge is 2.05. The van der Waals surface area contributed by atoms with Crippen LogP contribution >= 0.6 is 0 Å². The van der Waals surface area contributed by atoms with E-state index in [1.54, 1.807) is 7.11 Å². The Hall–Kier alpha value is -1.59. The fraction of sp³-hybridized carbons (Fsp3) is 0.500. The summed E-state index contributed by atoms with van der Waals surface area (Å²) in [5.41, 5.74) is 0. The molecule has 0 fully saturated rings. The Morgan fingerprint density at radius 1 is 1.32 bits per heavy atom. The number of rotatable bonds is 9. The van der Waals surface area contributed by atoms with Crippen molar-refractivity contribution in [3.05, 3.63) is 30.3 Å². The van der Waals surface area contributed by atoms with Gasteiger partial charge in [-0.3, -0.25) is 4.79 Å². The van der Waals surface area contributed by atoms with E-state index in [1.165, 1.54) is 0 Å². The topological polar surface area (TPSA) is 59.6 Å². The van der Waals surface area contributed by atoms with E-state index in [-0.39, 0.29) is 18.5 Å². The largest absolute Gasteiger partial charge is 0.492 e. The monoisotopic (exact) mass is 266 g/mol. The lowest BCUT2D eigenvalue weighted by atomic mass is 10.3. The van der Waals surface area contributed by atoms with Crippen LogP contribution in [0.15, 0.2) is 30.3 Å². The fourth-order valence-corrected chi connectivity index (χ4v) is 1.58. The molecule has 1 aromatic carbocycles.